The molecular formula is C17H24ClN3O2. The summed E-state index contributed by atoms with van der Waals surface area (Å²) >= 11 is 0. The number of primary amides is 1. The highest BCUT2D eigenvalue weighted by molar-refractivity contribution is 5.92. The largest absolute Gasteiger partial charge is 0.366 e. The number of carbonyl (C=O) groups is 2. The van der Waals surface area contributed by atoms with Gasteiger partial charge in [-0.25, -0.2) is 0 Å². The maximum atomic E-state index is 12.2. The molecular weight excluding hydrogens is 314 g/mol. The second-order valence-corrected chi connectivity index (χ2v) is 6.47. The van der Waals surface area contributed by atoms with Crippen LogP contribution >= 0.6 is 12.4 Å². The van der Waals surface area contributed by atoms with Crippen molar-refractivity contribution in [3.05, 3.63) is 35.4 Å². The van der Waals surface area contributed by atoms with Crippen LogP contribution < -0.4 is 16.4 Å². The summed E-state index contributed by atoms with van der Waals surface area (Å²) in [5.74, 6) is -0.0313. The van der Waals surface area contributed by atoms with Crippen LogP contribution in [0.1, 0.15) is 35.2 Å². The molecule has 4 N–H and O–H groups in total. The molecule has 126 valence electrons. The number of nitrogens with two attached hydrogens (primary N) is 1. The molecule has 0 radical (unpaired) electrons. The van der Waals surface area contributed by atoms with E-state index < -0.39 is 5.91 Å². The molecule has 0 aromatic heterocycles. The van der Waals surface area contributed by atoms with Gasteiger partial charge in [-0.2, -0.15) is 0 Å². The van der Waals surface area contributed by atoms with E-state index >= 15 is 0 Å². The molecule has 1 aromatic rings. The lowest BCUT2D eigenvalue weighted by atomic mass is 9.92. The van der Waals surface area contributed by atoms with Crippen molar-refractivity contribution in [2.75, 3.05) is 19.6 Å². The number of piperidine rings is 1. The SMILES string of the molecule is Cl.NC(=O)c1cccc(CCNC(=O)C2CC23CCNCC3)c1. The Kier molecular flexibility index (Phi) is 5.65. The summed E-state index contributed by atoms with van der Waals surface area (Å²) < 4.78 is 0. The van der Waals surface area contributed by atoms with Crippen LogP contribution in [0.15, 0.2) is 24.3 Å². The second-order valence-electron chi connectivity index (χ2n) is 6.47. The minimum absolute atomic E-state index is 0. The van der Waals surface area contributed by atoms with Crippen molar-refractivity contribution in [3.8, 4) is 0 Å². The van der Waals surface area contributed by atoms with E-state index in [1.165, 1.54) is 0 Å². The van der Waals surface area contributed by atoms with Crippen molar-refractivity contribution in [2.45, 2.75) is 25.7 Å². The molecule has 1 saturated carbocycles. The van der Waals surface area contributed by atoms with E-state index in [-0.39, 0.29) is 29.6 Å². The van der Waals surface area contributed by atoms with Crippen molar-refractivity contribution in [1.29, 1.82) is 0 Å². The average Bonchev–Trinajstić information content (AvgIpc) is 3.21. The number of benzene rings is 1. The van der Waals surface area contributed by atoms with E-state index in [4.69, 9.17) is 5.73 Å². The van der Waals surface area contributed by atoms with E-state index in [0.29, 0.717) is 18.5 Å². The monoisotopic (exact) mass is 337 g/mol. The number of hydrogen-bond acceptors (Lipinski definition) is 3. The van der Waals surface area contributed by atoms with Gasteiger partial charge in [0, 0.05) is 18.0 Å². The van der Waals surface area contributed by atoms with E-state index in [2.05, 4.69) is 10.6 Å². The summed E-state index contributed by atoms with van der Waals surface area (Å²) in [6, 6.07) is 7.27. The molecule has 1 aromatic carbocycles. The van der Waals surface area contributed by atoms with Crippen molar-refractivity contribution in [1.82, 2.24) is 10.6 Å². The van der Waals surface area contributed by atoms with Crippen molar-refractivity contribution in [2.24, 2.45) is 17.1 Å². The maximum Gasteiger partial charge on any atom is 0.248 e. The Morgan fingerprint density at radius 1 is 1.30 bits per heavy atom. The van der Waals surface area contributed by atoms with E-state index in [9.17, 15) is 9.59 Å². The molecule has 2 amide bonds. The first-order valence-corrected chi connectivity index (χ1v) is 7.98. The molecule has 1 heterocycles. The van der Waals surface area contributed by atoms with Gasteiger partial charge in [-0.3, -0.25) is 9.59 Å². The molecule has 0 bridgehead atoms. The van der Waals surface area contributed by atoms with Gasteiger partial charge in [-0.1, -0.05) is 12.1 Å². The van der Waals surface area contributed by atoms with Crippen molar-refractivity contribution >= 4 is 24.2 Å². The summed E-state index contributed by atoms with van der Waals surface area (Å²) in [7, 11) is 0. The predicted molar refractivity (Wildman–Crippen MR) is 91.6 cm³/mol. The van der Waals surface area contributed by atoms with Gasteiger partial charge in [0.25, 0.3) is 0 Å². The summed E-state index contributed by atoms with van der Waals surface area (Å²) in [4.78, 5) is 23.4. The Labute approximate surface area is 142 Å². The van der Waals surface area contributed by atoms with Crippen LogP contribution in [0.5, 0.6) is 0 Å². The average molecular weight is 338 g/mol. The zero-order chi connectivity index (χ0) is 15.6. The number of halogens is 1. The number of hydrogen-bond donors (Lipinski definition) is 3. The Balaban J connectivity index is 0.00000192. The molecule has 3 rings (SSSR count). The third-order valence-electron chi connectivity index (χ3n) is 5.03. The standard InChI is InChI=1S/C17H23N3O2.ClH/c18-15(21)13-3-1-2-12(10-13)4-7-20-16(22)14-11-17(14)5-8-19-9-6-17;/h1-3,10,14,19H,4-9,11H2,(H2,18,21)(H,20,22);1H. The predicted octanol–water partition coefficient (Wildman–Crippen LogP) is 1.26. The second kappa shape index (κ2) is 7.32. The number of nitrogens with one attached hydrogen (secondary N) is 2. The molecule has 2 aliphatic rings. The smallest absolute Gasteiger partial charge is 0.248 e. The lowest BCUT2D eigenvalue weighted by Crippen LogP contribution is -2.34. The van der Waals surface area contributed by atoms with Gasteiger partial charge < -0.3 is 16.4 Å². The summed E-state index contributed by atoms with van der Waals surface area (Å²) in [5.41, 5.74) is 7.08. The van der Waals surface area contributed by atoms with E-state index in [0.717, 1.165) is 37.9 Å². The first-order chi connectivity index (χ1) is 10.6. The molecule has 5 nitrogen and oxygen atoms in total. The van der Waals surface area contributed by atoms with Crippen LogP contribution in [0, 0.1) is 11.3 Å². The van der Waals surface area contributed by atoms with Crippen LogP contribution in [-0.4, -0.2) is 31.4 Å². The summed E-state index contributed by atoms with van der Waals surface area (Å²) in [5, 5.41) is 6.39. The molecule has 1 unspecified atom stereocenters. The number of carbonyl (C=O) groups excluding carboxylic acids is 2. The first kappa shape index (κ1) is 17.8. The fraction of sp³-hybridized carbons (Fsp3) is 0.529. The minimum atomic E-state index is -0.420. The number of rotatable bonds is 5. The summed E-state index contributed by atoms with van der Waals surface area (Å²) in [6.45, 7) is 2.67. The zero-order valence-electron chi connectivity index (χ0n) is 13.1. The molecule has 1 aliphatic carbocycles. The van der Waals surface area contributed by atoms with Crippen LogP contribution in [0.4, 0.5) is 0 Å². The third-order valence-corrected chi connectivity index (χ3v) is 5.03. The molecule has 1 aliphatic heterocycles. The van der Waals surface area contributed by atoms with Crippen molar-refractivity contribution in [3.63, 3.8) is 0 Å². The van der Waals surface area contributed by atoms with Crippen molar-refractivity contribution < 1.29 is 9.59 Å². The van der Waals surface area contributed by atoms with Gasteiger partial charge >= 0.3 is 0 Å². The van der Waals surface area contributed by atoms with Gasteiger partial charge in [-0.15, -0.1) is 12.4 Å². The van der Waals surface area contributed by atoms with Gasteiger partial charge in [-0.05, 0) is 61.9 Å². The highest BCUT2D eigenvalue weighted by Gasteiger charge is 2.57. The Morgan fingerprint density at radius 2 is 2.04 bits per heavy atom. The lowest BCUT2D eigenvalue weighted by Gasteiger charge is -2.23. The molecule has 23 heavy (non-hydrogen) atoms. The van der Waals surface area contributed by atoms with Gasteiger partial charge in [0.05, 0.1) is 0 Å². The van der Waals surface area contributed by atoms with Crippen LogP contribution in [0.25, 0.3) is 0 Å². The fourth-order valence-electron chi connectivity index (χ4n) is 3.53. The van der Waals surface area contributed by atoms with Gasteiger partial charge in [0.2, 0.25) is 11.8 Å². The Bertz CT molecular complexity index is 585. The maximum absolute atomic E-state index is 12.2. The molecule has 1 saturated heterocycles. The fourth-order valence-corrected chi connectivity index (χ4v) is 3.53. The quantitative estimate of drug-likeness (QED) is 0.756. The van der Waals surface area contributed by atoms with Crippen LogP contribution in [0.2, 0.25) is 0 Å². The normalized spacial score (nSPS) is 21.3. The molecule has 6 heteroatoms. The molecule has 1 atom stereocenters. The third kappa shape index (κ3) is 4.03. The van der Waals surface area contributed by atoms with Crippen LogP contribution in [-0.2, 0) is 11.2 Å². The highest BCUT2D eigenvalue weighted by atomic mass is 35.5. The van der Waals surface area contributed by atoms with Gasteiger partial charge in [0.1, 0.15) is 0 Å². The van der Waals surface area contributed by atoms with Gasteiger partial charge in [0.15, 0.2) is 0 Å². The minimum Gasteiger partial charge on any atom is -0.366 e. The number of amides is 2. The summed E-state index contributed by atoms with van der Waals surface area (Å²) in [6.07, 6.45) is 3.99. The van der Waals surface area contributed by atoms with E-state index in [1.54, 1.807) is 12.1 Å². The Hall–Kier alpha value is -1.59. The Morgan fingerprint density at radius 3 is 2.74 bits per heavy atom. The lowest BCUT2D eigenvalue weighted by molar-refractivity contribution is -0.123. The highest BCUT2D eigenvalue weighted by Crippen LogP contribution is 2.58. The topological polar surface area (TPSA) is 84.2 Å². The molecule has 1 spiro atoms. The zero-order valence-corrected chi connectivity index (χ0v) is 14.0. The van der Waals surface area contributed by atoms with E-state index in [1.807, 2.05) is 12.1 Å². The first-order valence-electron chi connectivity index (χ1n) is 7.98. The molecule has 2 fully saturated rings. The van der Waals surface area contributed by atoms with Crippen LogP contribution in [0.3, 0.4) is 0 Å².